The quantitative estimate of drug-likeness (QED) is 0.862. The molecule has 1 saturated carbocycles. The first kappa shape index (κ1) is 14.1. The third-order valence-corrected chi connectivity index (χ3v) is 3.46. The van der Waals surface area contributed by atoms with Crippen molar-refractivity contribution < 1.29 is 9.21 Å². The number of nitrogens with one attached hydrogen (secondary N) is 1. The molecule has 1 aliphatic rings. The van der Waals surface area contributed by atoms with E-state index < -0.39 is 0 Å². The van der Waals surface area contributed by atoms with Crippen molar-refractivity contribution in [1.82, 2.24) is 10.2 Å². The average Bonchev–Trinajstić information content (AvgIpc) is 2.80. The van der Waals surface area contributed by atoms with Crippen molar-refractivity contribution in [3.8, 4) is 0 Å². The number of furan rings is 1. The minimum absolute atomic E-state index is 0.120. The Bertz CT molecular complexity index is 420. The van der Waals surface area contributed by atoms with Crippen LogP contribution in [-0.2, 0) is 6.54 Å². The number of carbonyl (C=O) groups is 1. The van der Waals surface area contributed by atoms with Crippen molar-refractivity contribution in [2.75, 3.05) is 14.1 Å². The van der Waals surface area contributed by atoms with Crippen LogP contribution >= 0.6 is 0 Å². The van der Waals surface area contributed by atoms with E-state index in [0.29, 0.717) is 18.3 Å². The predicted octanol–water partition coefficient (Wildman–Crippen LogP) is 1.34. The zero-order valence-electron chi connectivity index (χ0n) is 11.7. The lowest BCUT2D eigenvalue weighted by molar-refractivity contribution is 0.0894. The molecule has 0 atom stereocenters. The molecule has 0 unspecified atom stereocenters. The van der Waals surface area contributed by atoms with Gasteiger partial charge in [0.1, 0.15) is 5.76 Å². The number of rotatable bonds is 4. The Hall–Kier alpha value is -1.33. The van der Waals surface area contributed by atoms with Gasteiger partial charge in [-0.3, -0.25) is 4.79 Å². The van der Waals surface area contributed by atoms with Crippen LogP contribution in [0, 0.1) is 0 Å². The average molecular weight is 265 g/mol. The van der Waals surface area contributed by atoms with Crippen LogP contribution in [0.4, 0.5) is 0 Å². The molecule has 0 spiro atoms. The van der Waals surface area contributed by atoms with E-state index in [2.05, 4.69) is 5.32 Å². The first-order chi connectivity index (χ1) is 9.04. The summed E-state index contributed by atoms with van der Waals surface area (Å²) < 4.78 is 5.54. The third kappa shape index (κ3) is 4.08. The Morgan fingerprint density at radius 2 is 2.05 bits per heavy atom. The van der Waals surface area contributed by atoms with Gasteiger partial charge in [-0.2, -0.15) is 0 Å². The molecule has 1 heterocycles. The second kappa shape index (κ2) is 6.21. The Kier molecular flexibility index (Phi) is 4.61. The highest BCUT2D eigenvalue weighted by Crippen LogP contribution is 2.18. The predicted molar refractivity (Wildman–Crippen MR) is 73.8 cm³/mol. The van der Waals surface area contributed by atoms with Crippen LogP contribution in [0.5, 0.6) is 0 Å². The molecule has 1 aromatic rings. The van der Waals surface area contributed by atoms with Gasteiger partial charge in [0, 0.05) is 12.1 Å². The second-order valence-electron chi connectivity index (χ2n) is 5.59. The van der Waals surface area contributed by atoms with E-state index in [9.17, 15) is 4.79 Å². The molecule has 1 fully saturated rings. The lowest BCUT2D eigenvalue weighted by Gasteiger charge is -2.26. The van der Waals surface area contributed by atoms with Gasteiger partial charge in [-0.25, -0.2) is 0 Å². The fourth-order valence-corrected chi connectivity index (χ4v) is 2.42. The van der Waals surface area contributed by atoms with Crippen LogP contribution in [-0.4, -0.2) is 37.0 Å². The van der Waals surface area contributed by atoms with Gasteiger partial charge in [-0.05, 0) is 51.9 Å². The number of amides is 1. The van der Waals surface area contributed by atoms with Gasteiger partial charge >= 0.3 is 0 Å². The maximum atomic E-state index is 12.0. The smallest absolute Gasteiger partial charge is 0.287 e. The topological polar surface area (TPSA) is 71.5 Å². The zero-order valence-corrected chi connectivity index (χ0v) is 11.7. The summed E-state index contributed by atoms with van der Waals surface area (Å²) in [4.78, 5) is 14.0. The van der Waals surface area contributed by atoms with E-state index >= 15 is 0 Å². The summed E-state index contributed by atoms with van der Waals surface area (Å²) in [6, 6.07) is 4.12. The van der Waals surface area contributed by atoms with Gasteiger partial charge in [0.25, 0.3) is 5.91 Å². The molecule has 0 aliphatic heterocycles. The standard InChI is InChI=1S/C14H23N3O2/c1-17(2)9-12-7-8-13(19-12)14(18)16-11-5-3-10(15)4-6-11/h7-8,10-11H,3-6,9,15H2,1-2H3,(H,16,18). The Labute approximate surface area is 114 Å². The summed E-state index contributed by atoms with van der Waals surface area (Å²) in [5.41, 5.74) is 5.85. The minimum Gasteiger partial charge on any atom is -0.455 e. The summed E-state index contributed by atoms with van der Waals surface area (Å²) in [5.74, 6) is 1.08. The van der Waals surface area contributed by atoms with Crippen molar-refractivity contribution >= 4 is 5.91 Å². The van der Waals surface area contributed by atoms with Gasteiger partial charge in [0.15, 0.2) is 5.76 Å². The largest absolute Gasteiger partial charge is 0.455 e. The van der Waals surface area contributed by atoms with Crippen molar-refractivity contribution in [3.63, 3.8) is 0 Å². The summed E-state index contributed by atoms with van der Waals surface area (Å²) in [6.07, 6.45) is 3.88. The Balaban J connectivity index is 1.87. The molecule has 1 amide bonds. The molecule has 0 aromatic carbocycles. The molecule has 1 aliphatic carbocycles. The monoisotopic (exact) mass is 265 g/mol. The molecule has 106 valence electrons. The van der Waals surface area contributed by atoms with Crippen molar-refractivity contribution in [3.05, 3.63) is 23.7 Å². The maximum Gasteiger partial charge on any atom is 0.287 e. The highest BCUT2D eigenvalue weighted by atomic mass is 16.4. The van der Waals surface area contributed by atoms with Crippen LogP contribution in [0.1, 0.15) is 42.0 Å². The summed E-state index contributed by atoms with van der Waals surface area (Å²) in [5, 5.41) is 3.02. The second-order valence-corrected chi connectivity index (χ2v) is 5.59. The first-order valence-corrected chi connectivity index (χ1v) is 6.84. The van der Waals surface area contributed by atoms with Gasteiger partial charge in [0.05, 0.1) is 6.54 Å². The van der Waals surface area contributed by atoms with Crippen LogP contribution in [0.3, 0.4) is 0 Å². The van der Waals surface area contributed by atoms with Gasteiger partial charge in [-0.1, -0.05) is 0 Å². The fraction of sp³-hybridized carbons (Fsp3) is 0.643. The summed E-state index contributed by atoms with van der Waals surface area (Å²) in [7, 11) is 3.93. The van der Waals surface area contributed by atoms with E-state index in [1.165, 1.54) is 0 Å². The van der Waals surface area contributed by atoms with E-state index in [1.807, 2.05) is 25.1 Å². The van der Waals surface area contributed by atoms with E-state index in [1.54, 1.807) is 6.07 Å². The van der Waals surface area contributed by atoms with Crippen molar-refractivity contribution in [2.45, 2.75) is 44.3 Å². The number of hydrogen-bond donors (Lipinski definition) is 2. The summed E-state index contributed by atoms with van der Waals surface area (Å²) in [6.45, 7) is 0.700. The van der Waals surface area contributed by atoms with Gasteiger partial charge in [0.2, 0.25) is 0 Å². The van der Waals surface area contributed by atoms with Gasteiger partial charge in [-0.15, -0.1) is 0 Å². The van der Waals surface area contributed by atoms with Crippen molar-refractivity contribution in [2.24, 2.45) is 5.73 Å². The minimum atomic E-state index is -0.120. The molecule has 5 nitrogen and oxygen atoms in total. The molecule has 5 heteroatoms. The molecular formula is C14H23N3O2. The molecule has 0 saturated heterocycles. The molecule has 19 heavy (non-hydrogen) atoms. The maximum absolute atomic E-state index is 12.0. The Morgan fingerprint density at radius 1 is 1.37 bits per heavy atom. The molecule has 0 bridgehead atoms. The molecular weight excluding hydrogens is 242 g/mol. The van der Waals surface area contributed by atoms with E-state index in [0.717, 1.165) is 31.4 Å². The van der Waals surface area contributed by atoms with Crippen molar-refractivity contribution in [1.29, 1.82) is 0 Å². The number of hydrogen-bond acceptors (Lipinski definition) is 4. The molecule has 2 rings (SSSR count). The fourth-order valence-electron chi connectivity index (χ4n) is 2.42. The lowest BCUT2D eigenvalue weighted by atomic mass is 9.92. The van der Waals surface area contributed by atoms with E-state index in [-0.39, 0.29) is 11.9 Å². The third-order valence-electron chi connectivity index (χ3n) is 3.46. The number of nitrogens with zero attached hydrogens (tertiary/aromatic N) is 1. The van der Waals surface area contributed by atoms with Crippen LogP contribution in [0.2, 0.25) is 0 Å². The van der Waals surface area contributed by atoms with Gasteiger partial charge < -0.3 is 20.4 Å². The Morgan fingerprint density at radius 3 is 2.68 bits per heavy atom. The SMILES string of the molecule is CN(C)Cc1ccc(C(=O)NC2CCC(N)CC2)o1. The number of nitrogens with two attached hydrogens (primary N) is 1. The van der Waals surface area contributed by atoms with E-state index in [4.69, 9.17) is 10.2 Å². The molecule has 1 aromatic heterocycles. The highest BCUT2D eigenvalue weighted by Gasteiger charge is 2.21. The zero-order chi connectivity index (χ0) is 13.8. The van der Waals surface area contributed by atoms with Crippen LogP contribution < -0.4 is 11.1 Å². The highest BCUT2D eigenvalue weighted by molar-refractivity contribution is 5.91. The normalized spacial score (nSPS) is 23.6. The summed E-state index contributed by atoms with van der Waals surface area (Å²) >= 11 is 0. The lowest BCUT2D eigenvalue weighted by Crippen LogP contribution is -2.40. The molecule has 0 radical (unpaired) electrons. The molecule has 3 N–H and O–H groups in total. The first-order valence-electron chi connectivity index (χ1n) is 6.84. The van der Waals surface area contributed by atoms with Crippen LogP contribution in [0.25, 0.3) is 0 Å². The number of carbonyl (C=O) groups excluding carboxylic acids is 1. The van der Waals surface area contributed by atoms with Crippen LogP contribution in [0.15, 0.2) is 16.5 Å².